The van der Waals surface area contributed by atoms with Crippen molar-refractivity contribution in [3.63, 3.8) is 0 Å². The molecular formula is C11H12N2S2. The maximum absolute atomic E-state index is 5.13. The number of hydrogen-bond acceptors (Lipinski definition) is 3. The monoisotopic (exact) mass is 236 g/mol. The average molecular weight is 236 g/mol. The van der Waals surface area contributed by atoms with E-state index in [-0.39, 0.29) is 0 Å². The Kier molecular flexibility index (Phi) is 2.98. The molecule has 0 unspecified atom stereocenters. The third kappa shape index (κ3) is 2.16. The molecule has 0 N–H and O–H groups in total. The van der Waals surface area contributed by atoms with Crippen LogP contribution in [0, 0.1) is 0 Å². The zero-order valence-electron chi connectivity index (χ0n) is 8.68. The van der Waals surface area contributed by atoms with Crippen molar-refractivity contribution >= 4 is 24.0 Å². The van der Waals surface area contributed by atoms with Gasteiger partial charge in [-0.05, 0) is 5.10 Å². The fourth-order valence-electron chi connectivity index (χ4n) is 1.40. The lowest BCUT2D eigenvalue weighted by Crippen LogP contribution is -2.36. The maximum Gasteiger partial charge on any atom is 0.237 e. The van der Waals surface area contributed by atoms with E-state index in [9.17, 15) is 0 Å². The van der Waals surface area contributed by atoms with E-state index >= 15 is 0 Å². The van der Waals surface area contributed by atoms with Crippen molar-refractivity contribution in [2.45, 2.75) is 24.1 Å². The van der Waals surface area contributed by atoms with Crippen LogP contribution >= 0.6 is 11.3 Å². The largest absolute Gasteiger partial charge is 0.402 e. The summed E-state index contributed by atoms with van der Waals surface area (Å²) in [6.45, 7) is 4.31. The van der Waals surface area contributed by atoms with Gasteiger partial charge in [0.05, 0.1) is 0 Å². The molecule has 0 fully saturated rings. The molecule has 0 bridgehead atoms. The summed E-state index contributed by atoms with van der Waals surface area (Å²) in [7, 11) is 0. The lowest BCUT2D eigenvalue weighted by Gasteiger charge is -2.00. The predicted molar refractivity (Wildman–Crippen MR) is 63.4 cm³/mol. The zero-order chi connectivity index (χ0) is 10.8. The van der Waals surface area contributed by atoms with Gasteiger partial charge in [-0.25, -0.2) is 0 Å². The molecule has 2 rings (SSSR count). The fourth-order valence-corrected chi connectivity index (χ4v) is 2.51. The Balaban J connectivity index is 2.53. The predicted octanol–water partition coefficient (Wildman–Crippen LogP) is 2.45. The molecule has 4 heteroatoms. The molecule has 0 saturated heterocycles. The lowest BCUT2D eigenvalue weighted by molar-refractivity contribution is -0.665. The van der Waals surface area contributed by atoms with Crippen molar-refractivity contribution < 1.29 is 4.68 Å². The number of nitrogens with zero attached hydrogens (tertiary/aromatic N) is 2. The highest BCUT2D eigenvalue weighted by Gasteiger charge is 2.17. The Bertz CT molecular complexity index is 449. The molecular weight excluding hydrogens is 224 g/mol. The molecule has 0 saturated carbocycles. The number of para-hydroxylation sites is 1. The molecule has 2 aromatic rings. The van der Waals surface area contributed by atoms with Gasteiger partial charge < -0.3 is 12.6 Å². The molecule has 78 valence electrons. The lowest BCUT2D eigenvalue weighted by atomic mass is 10.2. The van der Waals surface area contributed by atoms with Gasteiger partial charge in [-0.1, -0.05) is 36.7 Å². The Morgan fingerprint density at radius 3 is 2.53 bits per heavy atom. The Labute approximate surface area is 99.0 Å². The molecule has 1 aromatic carbocycles. The van der Waals surface area contributed by atoms with Crippen LogP contribution in [0.1, 0.15) is 24.8 Å². The number of hydrogen-bond donors (Lipinski definition) is 0. The van der Waals surface area contributed by atoms with Gasteiger partial charge in [-0.15, -0.1) is 0 Å². The van der Waals surface area contributed by atoms with Gasteiger partial charge in [0.2, 0.25) is 5.69 Å². The van der Waals surface area contributed by atoms with Crippen LogP contribution in [0.15, 0.2) is 34.7 Å². The van der Waals surface area contributed by atoms with Crippen LogP contribution in [0.25, 0.3) is 5.69 Å². The van der Waals surface area contributed by atoms with E-state index in [1.807, 2.05) is 35.0 Å². The molecule has 15 heavy (non-hydrogen) atoms. The van der Waals surface area contributed by atoms with Crippen molar-refractivity contribution in [1.29, 1.82) is 0 Å². The molecule has 0 atom stereocenters. The summed E-state index contributed by atoms with van der Waals surface area (Å²) >= 11 is 6.71. The van der Waals surface area contributed by atoms with E-state index in [1.54, 1.807) is 11.3 Å². The van der Waals surface area contributed by atoms with Crippen LogP contribution in [-0.4, -0.2) is 5.10 Å². The van der Waals surface area contributed by atoms with E-state index in [0.717, 1.165) is 5.69 Å². The number of rotatable bonds is 2. The third-order valence-corrected chi connectivity index (χ3v) is 3.52. The summed E-state index contributed by atoms with van der Waals surface area (Å²) in [4.78, 5) is 0. The molecule has 0 aliphatic rings. The molecule has 1 heterocycles. The first-order chi connectivity index (χ1) is 7.18. The summed E-state index contributed by atoms with van der Waals surface area (Å²) in [5.74, 6) is 0.444. The average Bonchev–Trinajstić information content (AvgIpc) is 2.62. The molecule has 0 aliphatic carbocycles. The summed E-state index contributed by atoms with van der Waals surface area (Å²) in [6.07, 6.45) is 0. The second-order valence-corrected chi connectivity index (χ2v) is 5.26. The van der Waals surface area contributed by atoms with Crippen LogP contribution in [0.5, 0.6) is 0 Å². The minimum absolute atomic E-state index is 0.444. The highest BCUT2D eigenvalue weighted by Crippen LogP contribution is 2.19. The van der Waals surface area contributed by atoms with Crippen molar-refractivity contribution in [3.05, 3.63) is 35.3 Å². The fraction of sp³-hybridized carbons (Fsp3) is 0.273. The molecule has 2 nitrogen and oxygen atoms in total. The summed E-state index contributed by atoms with van der Waals surface area (Å²) in [6, 6.07) is 10.1. The van der Waals surface area contributed by atoms with Gasteiger partial charge in [-0.3, -0.25) is 11.3 Å². The van der Waals surface area contributed by atoms with Crippen molar-refractivity contribution in [1.82, 2.24) is 5.10 Å². The van der Waals surface area contributed by atoms with Crippen LogP contribution in [-0.2, 0) is 12.6 Å². The minimum Gasteiger partial charge on any atom is -0.402 e. The Morgan fingerprint density at radius 2 is 1.93 bits per heavy atom. The highest BCUT2D eigenvalue weighted by molar-refractivity contribution is 7.62. The third-order valence-electron chi connectivity index (χ3n) is 2.08. The van der Waals surface area contributed by atoms with Gasteiger partial charge in [0.1, 0.15) is 0 Å². The summed E-state index contributed by atoms with van der Waals surface area (Å²) in [5, 5.41) is 5.55. The second kappa shape index (κ2) is 4.24. The zero-order valence-corrected chi connectivity index (χ0v) is 10.3. The van der Waals surface area contributed by atoms with Crippen LogP contribution in [0.4, 0.5) is 0 Å². The quantitative estimate of drug-likeness (QED) is 0.588. The first-order valence-corrected chi connectivity index (χ1v) is 6.06. The van der Waals surface area contributed by atoms with Crippen LogP contribution in [0.3, 0.4) is 0 Å². The van der Waals surface area contributed by atoms with Crippen molar-refractivity contribution in [3.8, 4) is 5.69 Å². The standard InChI is InChI=1S/C11H12N2S2/c1-8(2)10-13(12-11(14)15-10)9-6-4-3-5-7-9/h3-8H,1-2H3. The smallest absolute Gasteiger partial charge is 0.237 e. The molecule has 0 radical (unpaired) electrons. The number of benzene rings is 1. The summed E-state index contributed by atoms with van der Waals surface area (Å²) < 4.78 is 2.64. The second-order valence-electron chi connectivity index (χ2n) is 3.61. The number of aromatic nitrogens is 2. The Morgan fingerprint density at radius 1 is 1.27 bits per heavy atom. The van der Waals surface area contributed by atoms with Gasteiger partial charge in [0.25, 0.3) is 0 Å². The van der Waals surface area contributed by atoms with Crippen molar-refractivity contribution in [2.24, 2.45) is 0 Å². The van der Waals surface area contributed by atoms with Crippen molar-refractivity contribution in [2.75, 3.05) is 0 Å². The first kappa shape index (κ1) is 10.5. The van der Waals surface area contributed by atoms with E-state index in [2.05, 4.69) is 18.9 Å². The first-order valence-electron chi connectivity index (χ1n) is 4.84. The summed E-state index contributed by atoms with van der Waals surface area (Å²) in [5.41, 5.74) is 1.08. The van der Waals surface area contributed by atoms with Gasteiger partial charge in [0, 0.05) is 22.4 Å². The van der Waals surface area contributed by atoms with Crippen LogP contribution < -0.4 is 4.68 Å². The topological polar surface area (TPSA) is 16.8 Å². The maximum atomic E-state index is 5.13. The Hall–Kier alpha value is -1.00. The van der Waals surface area contributed by atoms with E-state index in [4.69, 9.17) is 12.6 Å². The van der Waals surface area contributed by atoms with Gasteiger partial charge in [0.15, 0.2) is 5.01 Å². The van der Waals surface area contributed by atoms with E-state index in [0.29, 0.717) is 10.3 Å². The van der Waals surface area contributed by atoms with Gasteiger partial charge >= 0.3 is 0 Å². The van der Waals surface area contributed by atoms with E-state index in [1.165, 1.54) is 5.01 Å². The minimum atomic E-state index is 0.444. The van der Waals surface area contributed by atoms with Gasteiger partial charge in [-0.2, -0.15) is 0 Å². The molecule has 0 amide bonds. The molecule has 1 aromatic heterocycles. The van der Waals surface area contributed by atoms with Crippen LogP contribution in [0.2, 0.25) is 0 Å². The SMILES string of the molecule is CC(C)c1sc([S-])n[n+]1-c1ccccc1. The molecule has 0 aliphatic heterocycles. The van der Waals surface area contributed by atoms with E-state index < -0.39 is 0 Å². The molecule has 0 spiro atoms. The highest BCUT2D eigenvalue weighted by atomic mass is 32.2. The normalized spacial score (nSPS) is 10.9.